The summed E-state index contributed by atoms with van der Waals surface area (Å²) in [5.41, 5.74) is 11.8. The molecule has 1 aliphatic carbocycles. The van der Waals surface area contributed by atoms with E-state index in [2.05, 4.69) is 12.2 Å². The number of anilines is 2. The Morgan fingerprint density at radius 2 is 1.90 bits per heavy atom. The molecule has 5 nitrogen and oxygen atoms in total. The van der Waals surface area contributed by atoms with Crippen molar-refractivity contribution in [2.24, 2.45) is 17.6 Å². The minimum Gasteiger partial charge on any atom is -0.397 e. The Kier molecular flexibility index (Phi) is 4.04. The SMILES string of the molecule is CC(C)C(=O)c1sc(NC(C)C2CC2)c(C(N)=O)c1N. The smallest absolute Gasteiger partial charge is 0.253 e. The van der Waals surface area contributed by atoms with Crippen LogP contribution in [-0.2, 0) is 0 Å². The lowest BCUT2D eigenvalue weighted by molar-refractivity contribution is 0.0944. The zero-order valence-corrected chi connectivity index (χ0v) is 12.8. The van der Waals surface area contributed by atoms with Gasteiger partial charge in [0.05, 0.1) is 16.1 Å². The number of amides is 1. The summed E-state index contributed by atoms with van der Waals surface area (Å²) in [6.45, 7) is 5.69. The lowest BCUT2D eigenvalue weighted by Gasteiger charge is -2.13. The fourth-order valence-electron chi connectivity index (χ4n) is 2.16. The maximum Gasteiger partial charge on any atom is 0.253 e. The molecular weight excluding hydrogens is 274 g/mol. The predicted octanol–water partition coefficient (Wildman–Crippen LogP) is 2.48. The molecule has 0 radical (unpaired) electrons. The first-order valence-corrected chi connectivity index (χ1v) is 7.67. The molecule has 1 aromatic heterocycles. The number of hydrogen-bond donors (Lipinski definition) is 3. The van der Waals surface area contributed by atoms with Crippen LogP contribution in [0.15, 0.2) is 0 Å². The number of carbonyl (C=O) groups excluding carboxylic acids is 2. The number of hydrogen-bond acceptors (Lipinski definition) is 5. The van der Waals surface area contributed by atoms with Crippen LogP contribution < -0.4 is 16.8 Å². The van der Waals surface area contributed by atoms with Gasteiger partial charge in [-0.25, -0.2) is 0 Å². The van der Waals surface area contributed by atoms with Gasteiger partial charge in [0.25, 0.3) is 5.91 Å². The van der Waals surface area contributed by atoms with Crippen molar-refractivity contribution in [3.8, 4) is 0 Å². The van der Waals surface area contributed by atoms with Crippen LogP contribution in [-0.4, -0.2) is 17.7 Å². The van der Waals surface area contributed by atoms with E-state index in [0.29, 0.717) is 15.8 Å². The minimum atomic E-state index is -0.591. The van der Waals surface area contributed by atoms with Gasteiger partial charge in [0.1, 0.15) is 5.00 Å². The van der Waals surface area contributed by atoms with Crippen LogP contribution >= 0.6 is 11.3 Å². The summed E-state index contributed by atoms with van der Waals surface area (Å²) in [6.07, 6.45) is 2.39. The lowest BCUT2D eigenvalue weighted by Crippen LogP contribution is -2.20. The summed E-state index contributed by atoms with van der Waals surface area (Å²) < 4.78 is 0. The van der Waals surface area contributed by atoms with E-state index >= 15 is 0 Å². The summed E-state index contributed by atoms with van der Waals surface area (Å²) in [5.74, 6) is -0.178. The highest BCUT2D eigenvalue weighted by Crippen LogP contribution is 2.40. The van der Waals surface area contributed by atoms with Crippen molar-refractivity contribution in [3.05, 3.63) is 10.4 Å². The fraction of sp³-hybridized carbons (Fsp3) is 0.571. The number of nitrogens with two attached hydrogens (primary N) is 2. The van der Waals surface area contributed by atoms with E-state index in [1.165, 1.54) is 24.2 Å². The summed E-state index contributed by atoms with van der Waals surface area (Å²) in [7, 11) is 0. The molecule has 0 saturated heterocycles. The predicted molar refractivity (Wildman–Crippen MR) is 82.2 cm³/mol. The zero-order valence-electron chi connectivity index (χ0n) is 12.0. The highest BCUT2D eigenvalue weighted by molar-refractivity contribution is 7.19. The third kappa shape index (κ3) is 2.80. The number of nitrogens with one attached hydrogen (secondary N) is 1. The molecule has 1 unspecified atom stereocenters. The molecular formula is C14H21N3O2S. The van der Waals surface area contributed by atoms with Gasteiger partial charge in [0, 0.05) is 12.0 Å². The van der Waals surface area contributed by atoms with Crippen molar-refractivity contribution < 1.29 is 9.59 Å². The summed E-state index contributed by atoms with van der Waals surface area (Å²) in [4.78, 5) is 24.2. The first-order valence-electron chi connectivity index (χ1n) is 6.85. The number of primary amides is 1. The van der Waals surface area contributed by atoms with E-state index in [1.54, 1.807) is 0 Å². The van der Waals surface area contributed by atoms with Crippen molar-refractivity contribution in [2.45, 2.75) is 39.7 Å². The number of nitrogen functional groups attached to an aromatic ring is 1. The molecule has 0 bridgehead atoms. The van der Waals surface area contributed by atoms with Crippen molar-refractivity contribution in [1.29, 1.82) is 0 Å². The van der Waals surface area contributed by atoms with Crippen LogP contribution in [0, 0.1) is 11.8 Å². The largest absolute Gasteiger partial charge is 0.397 e. The molecule has 20 heavy (non-hydrogen) atoms. The molecule has 1 heterocycles. The molecule has 1 amide bonds. The van der Waals surface area contributed by atoms with E-state index in [1.807, 2.05) is 13.8 Å². The first-order chi connectivity index (χ1) is 9.32. The summed E-state index contributed by atoms with van der Waals surface area (Å²) in [6, 6.07) is 0.258. The highest BCUT2D eigenvalue weighted by atomic mass is 32.1. The van der Waals surface area contributed by atoms with Gasteiger partial charge in [-0.05, 0) is 25.7 Å². The molecule has 1 saturated carbocycles. The first kappa shape index (κ1) is 14.8. The molecule has 1 atom stereocenters. The number of rotatable bonds is 6. The number of Topliss-reactive ketones (excluding diaryl/α,β-unsaturated/α-hetero) is 1. The van der Waals surface area contributed by atoms with Gasteiger partial charge in [-0.15, -0.1) is 11.3 Å². The Hall–Kier alpha value is -1.56. The Balaban J connectivity index is 2.36. The molecule has 6 heteroatoms. The quantitative estimate of drug-likeness (QED) is 0.702. The van der Waals surface area contributed by atoms with Crippen LogP contribution in [0.4, 0.5) is 10.7 Å². The molecule has 1 aromatic rings. The van der Waals surface area contributed by atoms with Crippen molar-refractivity contribution in [2.75, 3.05) is 11.1 Å². The molecule has 110 valence electrons. The molecule has 0 aromatic carbocycles. The van der Waals surface area contributed by atoms with Gasteiger partial charge in [-0.1, -0.05) is 13.8 Å². The van der Waals surface area contributed by atoms with Gasteiger partial charge in [-0.3, -0.25) is 9.59 Å². The van der Waals surface area contributed by atoms with E-state index < -0.39 is 5.91 Å². The van der Waals surface area contributed by atoms with Crippen LogP contribution in [0.3, 0.4) is 0 Å². The van der Waals surface area contributed by atoms with Crippen LogP contribution in [0.5, 0.6) is 0 Å². The van der Waals surface area contributed by atoms with Gasteiger partial charge >= 0.3 is 0 Å². The Morgan fingerprint density at radius 1 is 1.30 bits per heavy atom. The second kappa shape index (κ2) is 5.44. The molecule has 5 N–H and O–H groups in total. The molecule has 0 spiro atoms. The molecule has 1 fully saturated rings. The Morgan fingerprint density at radius 3 is 2.35 bits per heavy atom. The fourth-order valence-corrected chi connectivity index (χ4v) is 3.47. The topological polar surface area (TPSA) is 98.2 Å². The third-order valence-electron chi connectivity index (χ3n) is 3.63. The average Bonchev–Trinajstić information content (AvgIpc) is 3.14. The van der Waals surface area contributed by atoms with Crippen LogP contribution in [0.25, 0.3) is 0 Å². The zero-order chi connectivity index (χ0) is 15.0. The minimum absolute atomic E-state index is 0.0536. The Labute approximate surface area is 122 Å². The van der Waals surface area contributed by atoms with Gasteiger partial charge < -0.3 is 16.8 Å². The monoisotopic (exact) mass is 295 g/mol. The van der Waals surface area contributed by atoms with Crippen molar-refractivity contribution in [1.82, 2.24) is 0 Å². The molecule has 2 rings (SSSR count). The second-order valence-electron chi connectivity index (χ2n) is 5.70. The Bertz CT molecular complexity index is 547. The van der Waals surface area contributed by atoms with Gasteiger partial charge in [-0.2, -0.15) is 0 Å². The van der Waals surface area contributed by atoms with Crippen molar-refractivity contribution >= 4 is 33.7 Å². The number of thiophene rings is 1. The van der Waals surface area contributed by atoms with E-state index in [-0.39, 0.29) is 29.0 Å². The maximum absolute atomic E-state index is 12.1. The van der Waals surface area contributed by atoms with E-state index in [4.69, 9.17) is 11.5 Å². The standard InChI is InChI=1S/C14H21N3O2S/c1-6(2)11(18)12-10(15)9(13(16)19)14(20-12)17-7(3)8-4-5-8/h6-8,17H,4-5,15H2,1-3H3,(H2,16,19). The molecule has 1 aliphatic rings. The summed E-state index contributed by atoms with van der Waals surface area (Å²) in [5, 5.41) is 3.92. The normalized spacial score (nSPS) is 16.2. The van der Waals surface area contributed by atoms with Crippen LogP contribution in [0.1, 0.15) is 53.6 Å². The lowest BCUT2D eigenvalue weighted by atomic mass is 10.1. The van der Waals surface area contributed by atoms with Crippen LogP contribution in [0.2, 0.25) is 0 Å². The van der Waals surface area contributed by atoms with Gasteiger partial charge in [0.15, 0.2) is 5.78 Å². The average molecular weight is 295 g/mol. The summed E-state index contributed by atoms with van der Waals surface area (Å²) >= 11 is 1.24. The van der Waals surface area contributed by atoms with E-state index in [0.717, 1.165) is 0 Å². The number of ketones is 1. The highest BCUT2D eigenvalue weighted by Gasteiger charge is 2.31. The maximum atomic E-state index is 12.1. The number of carbonyl (C=O) groups is 2. The second-order valence-corrected chi connectivity index (χ2v) is 6.72. The van der Waals surface area contributed by atoms with E-state index in [9.17, 15) is 9.59 Å². The van der Waals surface area contributed by atoms with Crippen molar-refractivity contribution in [3.63, 3.8) is 0 Å². The molecule has 0 aliphatic heterocycles. The third-order valence-corrected chi connectivity index (χ3v) is 4.78. The van der Waals surface area contributed by atoms with Gasteiger partial charge in [0.2, 0.25) is 0 Å².